The summed E-state index contributed by atoms with van der Waals surface area (Å²) in [7, 11) is 0. The fourth-order valence-corrected chi connectivity index (χ4v) is 1.15. The van der Waals surface area contributed by atoms with Gasteiger partial charge in [-0.05, 0) is 37.1 Å². The molecule has 1 aromatic rings. The molecule has 0 saturated heterocycles. The van der Waals surface area contributed by atoms with Crippen LogP contribution in [0.3, 0.4) is 0 Å². The van der Waals surface area contributed by atoms with Crippen molar-refractivity contribution in [1.29, 1.82) is 0 Å². The van der Waals surface area contributed by atoms with Gasteiger partial charge in [0.2, 0.25) is 5.91 Å². The van der Waals surface area contributed by atoms with E-state index in [1.807, 2.05) is 6.92 Å². The van der Waals surface area contributed by atoms with Crippen LogP contribution in [0.1, 0.15) is 18.9 Å². The first-order chi connectivity index (χ1) is 7.04. The van der Waals surface area contributed by atoms with E-state index in [1.54, 1.807) is 25.1 Å². The maximum absolute atomic E-state index is 11.4. The van der Waals surface area contributed by atoms with Crippen LogP contribution in [0.15, 0.2) is 18.2 Å². The van der Waals surface area contributed by atoms with Crippen molar-refractivity contribution in [2.24, 2.45) is 5.73 Å². The maximum Gasteiger partial charge on any atom is 0.241 e. The zero-order valence-corrected chi connectivity index (χ0v) is 8.95. The molecule has 0 aliphatic heterocycles. The topological polar surface area (TPSA) is 75.4 Å². The number of phenols is 1. The Morgan fingerprint density at radius 1 is 1.60 bits per heavy atom. The molecule has 1 rings (SSSR count). The first-order valence-electron chi connectivity index (χ1n) is 4.90. The van der Waals surface area contributed by atoms with Crippen molar-refractivity contribution in [3.05, 3.63) is 23.8 Å². The van der Waals surface area contributed by atoms with E-state index in [9.17, 15) is 9.90 Å². The number of carbonyl (C=O) groups excluding carboxylic acids is 1. The third-order valence-corrected chi connectivity index (χ3v) is 2.24. The molecular formula is C11H16N2O2. The van der Waals surface area contributed by atoms with E-state index in [1.165, 1.54) is 0 Å². The van der Waals surface area contributed by atoms with Crippen molar-refractivity contribution < 1.29 is 9.90 Å². The molecule has 1 amide bonds. The third kappa shape index (κ3) is 2.95. The van der Waals surface area contributed by atoms with Crippen molar-refractivity contribution in [1.82, 2.24) is 0 Å². The predicted molar refractivity (Wildman–Crippen MR) is 59.7 cm³/mol. The highest BCUT2D eigenvalue weighted by Gasteiger charge is 2.11. The monoisotopic (exact) mass is 208 g/mol. The minimum atomic E-state index is -0.487. The lowest BCUT2D eigenvalue weighted by molar-refractivity contribution is -0.117. The molecule has 1 atom stereocenters. The molecule has 0 radical (unpaired) electrons. The summed E-state index contributed by atoms with van der Waals surface area (Å²) in [4.78, 5) is 11.4. The number of nitrogens with one attached hydrogen (secondary N) is 1. The van der Waals surface area contributed by atoms with Crippen molar-refractivity contribution in [3.63, 3.8) is 0 Å². The van der Waals surface area contributed by atoms with Gasteiger partial charge in [-0.25, -0.2) is 0 Å². The molecule has 4 heteroatoms. The number of phenolic OH excluding ortho intramolecular Hbond substituents is 1. The van der Waals surface area contributed by atoms with Gasteiger partial charge in [0.1, 0.15) is 5.75 Å². The first-order valence-corrected chi connectivity index (χ1v) is 4.90. The molecule has 4 nitrogen and oxygen atoms in total. The minimum absolute atomic E-state index is 0.206. The molecule has 1 unspecified atom stereocenters. The summed E-state index contributed by atoms with van der Waals surface area (Å²) in [6.07, 6.45) is 0.600. The van der Waals surface area contributed by atoms with E-state index in [-0.39, 0.29) is 11.7 Å². The second-order valence-electron chi connectivity index (χ2n) is 3.51. The van der Waals surface area contributed by atoms with Crippen LogP contribution in [0.5, 0.6) is 5.75 Å². The Morgan fingerprint density at radius 2 is 2.27 bits per heavy atom. The van der Waals surface area contributed by atoms with Gasteiger partial charge in [0, 0.05) is 5.69 Å². The van der Waals surface area contributed by atoms with Crippen molar-refractivity contribution >= 4 is 11.6 Å². The number of carbonyl (C=O) groups is 1. The second kappa shape index (κ2) is 4.79. The molecular weight excluding hydrogens is 192 g/mol. The summed E-state index contributed by atoms with van der Waals surface area (Å²) in [5.41, 5.74) is 6.94. The Kier molecular flexibility index (Phi) is 3.68. The van der Waals surface area contributed by atoms with Gasteiger partial charge >= 0.3 is 0 Å². The lowest BCUT2D eigenvalue weighted by Crippen LogP contribution is -2.34. The minimum Gasteiger partial charge on any atom is -0.508 e. The molecule has 15 heavy (non-hydrogen) atoms. The Bertz CT molecular complexity index is 364. The summed E-state index contributed by atoms with van der Waals surface area (Å²) in [6.45, 7) is 3.62. The smallest absolute Gasteiger partial charge is 0.241 e. The van der Waals surface area contributed by atoms with Crippen molar-refractivity contribution in [3.8, 4) is 5.75 Å². The fraction of sp³-hybridized carbons (Fsp3) is 0.364. The SMILES string of the molecule is CCC(N)C(=O)Nc1ccc(O)c(C)c1. The van der Waals surface area contributed by atoms with Crippen LogP contribution in [0.2, 0.25) is 0 Å². The molecule has 0 saturated carbocycles. The van der Waals surface area contributed by atoms with E-state index in [0.29, 0.717) is 12.1 Å². The molecule has 4 N–H and O–H groups in total. The number of aryl methyl sites for hydroxylation is 1. The molecule has 0 bridgehead atoms. The van der Waals surface area contributed by atoms with Crippen LogP contribution in [-0.2, 0) is 4.79 Å². The van der Waals surface area contributed by atoms with E-state index in [2.05, 4.69) is 5.32 Å². The zero-order valence-electron chi connectivity index (χ0n) is 8.95. The van der Waals surface area contributed by atoms with Crippen LogP contribution in [0, 0.1) is 6.92 Å². The Labute approximate surface area is 89.1 Å². The molecule has 0 aliphatic rings. The fourth-order valence-electron chi connectivity index (χ4n) is 1.15. The van der Waals surface area contributed by atoms with Gasteiger partial charge in [-0.2, -0.15) is 0 Å². The molecule has 0 aromatic heterocycles. The van der Waals surface area contributed by atoms with Crippen LogP contribution < -0.4 is 11.1 Å². The normalized spacial score (nSPS) is 12.2. The van der Waals surface area contributed by atoms with Gasteiger partial charge < -0.3 is 16.2 Å². The van der Waals surface area contributed by atoms with E-state index in [0.717, 1.165) is 5.56 Å². The molecule has 1 aromatic carbocycles. The number of hydrogen-bond donors (Lipinski definition) is 3. The Morgan fingerprint density at radius 3 is 2.80 bits per heavy atom. The molecule has 82 valence electrons. The summed E-state index contributed by atoms with van der Waals surface area (Å²) < 4.78 is 0. The highest BCUT2D eigenvalue weighted by atomic mass is 16.3. The zero-order chi connectivity index (χ0) is 11.4. The number of aromatic hydroxyl groups is 1. The van der Waals surface area contributed by atoms with Crippen molar-refractivity contribution in [2.45, 2.75) is 26.3 Å². The lowest BCUT2D eigenvalue weighted by atomic mass is 10.2. The second-order valence-corrected chi connectivity index (χ2v) is 3.51. The number of anilines is 1. The van der Waals surface area contributed by atoms with E-state index >= 15 is 0 Å². The first kappa shape index (κ1) is 11.5. The van der Waals surface area contributed by atoms with Crippen LogP contribution >= 0.6 is 0 Å². The average Bonchev–Trinajstić information content (AvgIpc) is 2.22. The van der Waals surface area contributed by atoms with E-state index < -0.39 is 6.04 Å². The number of hydrogen-bond acceptors (Lipinski definition) is 3. The third-order valence-electron chi connectivity index (χ3n) is 2.24. The van der Waals surface area contributed by atoms with Gasteiger partial charge in [0.05, 0.1) is 6.04 Å². The average molecular weight is 208 g/mol. The van der Waals surface area contributed by atoms with Crippen LogP contribution in [0.25, 0.3) is 0 Å². The quantitative estimate of drug-likeness (QED) is 0.657. The van der Waals surface area contributed by atoms with Crippen LogP contribution in [-0.4, -0.2) is 17.1 Å². The summed E-state index contributed by atoms with van der Waals surface area (Å²) in [5, 5.41) is 12.0. The molecule has 0 heterocycles. The van der Waals surface area contributed by atoms with Gasteiger partial charge in [-0.15, -0.1) is 0 Å². The van der Waals surface area contributed by atoms with E-state index in [4.69, 9.17) is 5.73 Å². The highest BCUT2D eigenvalue weighted by Crippen LogP contribution is 2.20. The highest BCUT2D eigenvalue weighted by molar-refractivity contribution is 5.94. The van der Waals surface area contributed by atoms with Crippen LogP contribution in [0.4, 0.5) is 5.69 Å². The molecule has 0 spiro atoms. The van der Waals surface area contributed by atoms with Gasteiger partial charge in [0.25, 0.3) is 0 Å². The summed E-state index contributed by atoms with van der Waals surface area (Å²) >= 11 is 0. The van der Waals surface area contributed by atoms with Gasteiger partial charge in [-0.3, -0.25) is 4.79 Å². The number of benzene rings is 1. The lowest BCUT2D eigenvalue weighted by Gasteiger charge is -2.10. The number of nitrogens with two attached hydrogens (primary N) is 1. The maximum atomic E-state index is 11.4. The largest absolute Gasteiger partial charge is 0.508 e. The standard InChI is InChI=1S/C11H16N2O2/c1-3-9(12)11(15)13-8-4-5-10(14)7(2)6-8/h4-6,9,14H,3,12H2,1-2H3,(H,13,15). The Balaban J connectivity index is 2.73. The van der Waals surface area contributed by atoms with Gasteiger partial charge in [-0.1, -0.05) is 6.92 Å². The summed E-state index contributed by atoms with van der Waals surface area (Å²) in [6, 6.07) is 4.40. The van der Waals surface area contributed by atoms with Crippen molar-refractivity contribution in [2.75, 3.05) is 5.32 Å². The van der Waals surface area contributed by atoms with Gasteiger partial charge in [0.15, 0.2) is 0 Å². The molecule has 0 fully saturated rings. The summed E-state index contributed by atoms with van der Waals surface area (Å²) in [5.74, 6) is 0.00961. The Hall–Kier alpha value is -1.55. The predicted octanol–water partition coefficient (Wildman–Crippen LogP) is 1.38. The number of rotatable bonds is 3. The number of amides is 1. The molecule has 0 aliphatic carbocycles.